The topological polar surface area (TPSA) is 94.9 Å². The van der Waals surface area contributed by atoms with Crippen LogP contribution in [0.5, 0.6) is 0 Å². The van der Waals surface area contributed by atoms with Crippen LogP contribution in [0, 0.1) is 23.0 Å². The molecule has 0 fully saturated rings. The van der Waals surface area contributed by atoms with Gasteiger partial charge in [0.05, 0.1) is 11.6 Å². The lowest BCUT2D eigenvalue weighted by Gasteiger charge is -2.08. The first-order chi connectivity index (χ1) is 13.5. The Morgan fingerprint density at radius 3 is 2.07 bits per heavy atom. The van der Waals surface area contributed by atoms with E-state index in [1.54, 1.807) is 18.2 Å². The van der Waals surface area contributed by atoms with Gasteiger partial charge in [-0.15, -0.1) is 0 Å². The summed E-state index contributed by atoms with van der Waals surface area (Å²) in [6.07, 6.45) is 0. The maximum absolute atomic E-state index is 13.7. The van der Waals surface area contributed by atoms with E-state index < -0.39 is 29.1 Å². The molecule has 0 spiro atoms. The lowest BCUT2D eigenvalue weighted by molar-refractivity contribution is 0.101. The van der Waals surface area contributed by atoms with E-state index in [9.17, 15) is 18.4 Å². The quantitative estimate of drug-likeness (QED) is 0.723. The second kappa shape index (κ2) is 8.05. The number of para-hydroxylation sites is 1. The summed E-state index contributed by atoms with van der Waals surface area (Å²) in [5.74, 6) is -3.34. The largest absolute Gasteiger partial charge is 0.321 e. The number of anilines is 2. The van der Waals surface area contributed by atoms with E-state index in [0.29, 0.717) is 11.3 Å². The molecule has 3 aromatic rings. The molecular weight excluding hydrogens is 366 g/mol. The summed E-state index contributed by atoms with van der Waals surface area (Å²) in [5, 5.41) is 13.6. The van der Waals surface area contributed by atoms with Gasteiger partial charge in [-0.2, -0.15) is 5.26 Å². The van der Waals surface area contributed by atoms with Crippen LogP contribution in [0.3, 0.4) is 0 Å². The number of carbonyl (C=O) groups is 2. The smallest absolute Gasteiger partial charge is 0.274 e. The minimum absolute atomic E-state index is 0.0796. The minimum Gasteiger partial charge on any atom is -0.321 e. The fourth-order valence-corrected chi connectivity index (χ4v) is 2.34. The summed E-state index contributed by atoms with van der Waals surface area (Å²) in [5.41, 5.74) is -0.123. The van der Waals surface area contributed by atoms with E-state index in [4.69, 9.17) is 5.26 Å². The molecule has 0 atom stereocenters. The van der Waals surface area contributed by atoms with Gasteiger partial charge in [0.15, 0.2) is 0 Å². The first kappa shape index (κ1) is 18.7. The summed E-state index contributed by atoms with van der Waals surface area (Å²) in [6, 6.07) is 15.5. The van der Waals surface area contributed by atoms with Gasteiger partial charge in [0.25, 0.3) is 11.8 Å². The van der Waals surface area contributed by atoms with Crippen LogP contribution in [-0.4, -0.2) is 16.8 Å². The van der Waals surface area contributed by atoms with Crippen LogP contribution in [0.2, 0.25) is 0 Å². The zero-order valence-electron chi connectivity index (χ0n) is 14.2. The number of pyridine rings is 1. The van der Waals surface area contributed by atoms with E-state index in [2.05, 4.69) is 15.6 Å². The number of halogens is 2. The van der Waals surface area contributed by atoms with Crippen LogP contribution in [0.4, 0.5) is 20.2 Å². The number of nitrogens with zero attached hydrogens (tertiary/aromatic N) is 2. The van der Waals surface area contributed by atoms with Gasteiger partial charge in [0.1, 0.15) is 28.7 Å². The Kier molecular flexibility index (Phi) is 5.37. The Hall–Kier alpha value is -4.12. The highest BCUT2D eigenvalue weighted by atomic mass is 19.1. The molecule has 0 saturated carbocycles. The van der Waals surface area contributed by atoms with E-state index in [-0.39, 0.29) is 11.4 Å². The Bertz CT molecular complexity index is 1090. The lowest BCUT2D eigenvalue weighted by Crippen LogP contribution is -2.19. The molecule has 2 aromatic carbocycles. The first-order valence-corrected chi connectivity index (χ1v) is 8.02. The van der Waals surface area contributed by atoms with Crippen LogP contribution in [0.15, 0.2) is 60.7 Å². The lowest BCUT2D eigenvalue weighted by atomic mass is 10.2. The molecule has 0 aliphatic rings. The Morgan fingerprint density at radius 2 is 1.43 bits per heavy atom. The number of hydrogen-bond acceptors (Lipinski definition) is 4. The standard InChI is InChI=1S/C20H12F2N4O2/c21-14-6-2-7-15(22)18(14)26-20(28)17-9-3-8-16(25-17)19(27)24-13-5-1-4-12(10-13)11-23/h1-10H,(H,24,27)(H,26,28). The maximum Gasteiger partial charge on any atom is 0.274 e. The zero-order valence-corrected chi connectivity index (χ0v) is 14.2. The van der Waals surface area contributed by atoms with E-state index in [1.165, 1.54) is 30.3 Å². The molecule has 0 aliphatic carbocycles. The third-order valence-electron chi connectivity index (χ3n) is 3.67. The summed E-state index contributed by atoms with van der Waals surface area (Å²) < 4.78 is 27.4. The zero-order chi connectivity index (χ0) is 20.1. The number of carbonyl (C=O) groups excluding carboxylic acids is 2. The number of nitrogens with one attached hydrogen (secondary N) is 2. The van der Waals surface area contributed by atoms with E-state index in [0.717, 1.165) is 12.1 Å². The number of aromatic nitrogens is 1. The summed E-state index contributed by atoms with van der Waals surface area (Å²) in [4.78, 5) is 28.5. The fraction of sp³-hybridized carbons (Fsp3) is 0. The number of benzene rings is 2. The number of hydrogen-bond donors (Lipinski definition) is 2. The van der Waals surface area contributed by atoms with Crippen LogP contribution in [-0.2, 0) is 0 Å². The Balaban J connectivity index is 1.78. The Labute approximate surface area is 158 Å². The van der Waals surface area contributed by atoms with Gasteiger partial charge in [0.2, 0.25) is 0 Å². The molecule has 138 valence electrons. The van der Waals surface area contributed by atoms with Crippen LogP contribution >= 0.6 is 0 Å². The number of nitriles is 1. The molecule has 6 nitrogen and oxygen atoms in total. The highest BCUT2D eigenvalue weighted by Crippen LogP contribution is 2.19. The number of rotatable bonds is 4. The van der Waals surface area contributed by atoms with Crippen LogP contribution in [0.25, 0.3) is 0 Å². The predicted octanol–water partition coefficient (Wildman–Crippen LogP) is 3.74. The molecule has 2 N–H and O–H groups in total. The third-order valence-corrected chi connectivity index (χ3v) is 3.67. The van der Waals surface area contributed by atoms with Gasteiger partial charge in [-0.25, -0.2) is 13.8 Å². The van der Waals surface area contributed by atoms with Crippen molar-refractivity contribution in [3.63, 3.8) is 0 Å². The van der Waals surface area contributed by atoms with E-state index in [1.807, 2.05) is 6.07 Å². The molecule has 8 heteroatoms. The van der Waals surface area contributed by atoms with Crippen molar-refractivity contribution >= 4 is 23.2 Å². The van der Waals surface area contributed by atoms with Crippen molar-refractivity contribution in [3.8, 4) is 6.07 Å². The van der Waals surface area contributed by atoms with Gasteiger partial charge < -0.3 is 10.6 Å². The fourth-order valence-electron chi connectivity index (χ4n) is 2.34. The minimum atomic E-state index is -0.931. The van der Waals surface area contributed by atoms with Gasteiger partial charge in [0, 0.05) is 5.69 Å². The molecule has 0 aliphatic heterocycles. The number of amides is 2. The van der Waals surface area contributed by atoms with Gasteiger partial charge in [-0.3, -0.25) is 9.59 Å². The van der Waals surface area contributed by atoms with Crippen LogP contribution < -0.4 is 10.6 Å². The molecule has 1 aromatic heterocycles. The van der Waals surface area contributed by atoms with Crippen molar-refractivity contribution in [2.24, 2.45) is 0 Å². The van der Waals surface area contributed by atoms with Crippen molar-refractivity contribution in [2.75, 3.05) is 10.6 Å². The average Bonchev–Trinajstić information content (AvgIpc) is 2.71. The van der Waals surface area contributed by atoms with Crippen molar-refractivity contribution < 1.29 is 18.4 Å². The molecular formula is C20H12F2N4O2. The molecule has 0 radical (unpaired) electrons. The summed E-state index contributed by atoms with van der Waals surface area (Å²) >= 11 is 0. The highest BCUT2D eigenvalue weighted by molar-refractivity contribution is 6.06. The highest BCUT2D eigenvalue weighted by Gasteiger charge is 2.16. The molecule has 28 heavy (non-hydrogen) atoms. The van der Waals surface area contributed by atoms with Gasteiger partial charge in [-0.1, -0.05) is 18.2 Å². The second-order valence-electron chi connectivity index (χ2n) is 5.61. The van der Waals surface area contributed by atoms with Crippen molar-refractivity contribution in [3.05, 3.63) is 89.2 Å². The normalized spacial score (nSPS) is 10.0. The van der Waals surface area contributed by atoms with Crippen molar-refractivity contribution in [1.29, 1.82) is 5.26 Å². The molecule has 1 heterocycles. The second-order valence-corrected chi connectivity index (χ2v) is 5.61. The molecule has 2 amide bonds. The Morgan fingerprint density at radius 1 is 0.857 bits per heavy atom. The molecule has 0 saturated heterocycles. The predicted molar refractivity (Wildman–Crippen MR) is 97.7 cm³/mol. The average molecular weight is 378 g/mol. The van der Waals surface area contributed by atoms with Crippen molar-refractivity contribution in [2.45, 2.75) is 0 Å². The molecule has 3 rings (SSSR count). The van der Waals surface area contributed by atoms with Crippen LogP contribution in [0.1, 0.15) is 26.5 Å². The van der Waals surface area contributed by atoms with Gasteiger partial charge in [-0.05, 0) is 42.5 Å². The van der Waals surface area contributed by atoms with Crippen molar-refractivity contribution in [1.82, 2.24) is 4.98 Å². The van der Waals surface area contributed by atoms with E-state index >= 15 is 0 Å². The summed E-state index contributed by atoms with van der Waals surface area (Å²) in [7, 11) is 0. The molecule has 0 bridgehead atoms. The summed E-state index contributed by atoms with van der Waals surface area (Å²) in [6.45, 7) is 0. The SMILES string of the molecule is N#Cc1cccc(NC(=O)c2cccc(C(=O)Nc3c(F)cccc3F)n2)c1. The third kappa shape index (κ3) is 4.16. The maximum atomic E-state index is 13.7. The molecule has 0 unspecified atom stereocenters. The monoisotopic (exact) mass is 378 g/mol. The first-order valence-electron chi connectivity index (χ1n) is 8.02. The van der Waals surface area contributed by atoms with Gasteiger partial charge >= 0.3 is 0 Å².